The molecule has 2 atom stereocenters. The van der Waals surface area contributed by atoms with E-state index >= 15 is 0 Å². The number of benzene rings is 1. The van der Waals surface area contributed by atoms with Crippen LogP contribution in [0.15, 0.2) is 18.2 Å². The highest BCUT2D eigenvalue weighted by atomic mass is 16.5. The van der Waals surface area contributed by atoms with Crippen molar-refractivity contribution >= 4 is 0 Å². The molecule has 2 unspecified atom stereocenters. The van der Waals surface area contributed by atoms with Crippen LogP contribution in [-0.2, 0) is 11.2 Å². The summed E-state index contributed by atoms with van der Waals surface area (Å²) in [7, 11) is 0. The fourth-order valence-corrected chi connectivity index (χ4v) is 3.80. The fourth-order valence-electron chi connectivity index (χ4n) is 3.80. The Morgan fingerprint density at radius 2 is 1.89 bits per heavy atom. The summed E-state index contributed by atoms with van der Waals surface area (Å²) in [5, 5.41) is 0. The molecule has 2 heteroatoms. The van der Waals surface area contributed by atoms with E-state index in [-0.39, 0.29) is 5.41 Å². The van der Waals surface area contributed by atoms with Gasteiger partial charge in [-0.3, -0.25) is 0 Å². The van der Waals surface area contributed by atoms with Gasteiger partial charge in [-0.15, -0.1) is 0 Å². The van der Waals surface area contributed by atoms with E-state index in [2.05, 4.69) is 32.0 Å². The molecule has 0 aromatic heterocycles. The Balaban J connectivity index is 1.85. The Morgan fingerprint density at radius 1 is 1.21 bits per heavy atom. The van der Waals surface area contributed by atoms with E-state index in [1.165, 1.54) is 29.5 Å². The molecular formula is C17H25NO. The Morgan fingerprint density at radius 3 is 2.47 bits per heavy atom. The first-order valence-electron chi connectivity index (χ1n) is 7.52. The molecule has 0 bridgehead atoms. The third-order valence-electron chi connectivity index (χ3n) is 4.80. The van der Waals surface area contributed by atoms with E-state index in [4.69, 9.17) is 10.5 Å². The molecular weight excluding hydrogens is 234 g/mol. The molecule has 2 nitrogen and oxygen atoms in total. The minimum atomic E-state index is 0.182. The smallest absolute Gasteiger partial charge is 0.0675 e. The molecule has 1 saturated carbocycles. The van der Waals surface area contributed by atoms with Crippen molar-refractivity contribution in [1.82, 2.24) is 0 Å². The number of aryl methyl sites for hydroxylation is 2. The summed E-state index contributed by atoms with van der Waals surface area (Å²) < 4.78 is 6.04. The van der Waals surface area contributed by atoms with E-state index in [9.17, 15) is 0 Å². The van der Waals surface area contributed by atoms with Crippen molar-refractivity contribution in [3.63, 3.8) is 0 Å². The summed E-state index contributed by atoms with van der Waals surface area (Å²) in [5.74, 6) is 0.775. The van der Waals surface area contributed by atoms with Crippen molar-refractivity contribution in [1.29, 1.82) is 0 Å². The van der Waals surface area contributed by atoms with Crippen LogP contribution in [0, 0.1) is 25.2 Å². The van der Waals surface area contributed by atoms with Crippen LogP contribution in [0.1, 0.15) is 36.0 Å². The number of rotatable bonds is 4. The molecule has 1 aromatic rings. The molecule has 0 radical (unpaired) electrons. The van der Waals surface area contributed by atoms with Crippen molar-refractivity contribution in [3.8, 4) is 0 Å². The van der Waals surface area contributed by atoms with Crippen LogP contribution in [0.2, 0.25) is 0 Å². The van der Waals surface area contributed by atoms with Gasteiger partial charge >= 0.3 is 0 Å². The topological polar surface area (TPSA) is 35.2 Å². The lowest BCUT2D eigenvalue weighted by Gasteiger charge is -2.33. The van der Waals surface area contributed by atoms with Gasteiger partial charge in [-0.1, -0.05) is 29.3 Å². The average Bonchev–Trinajstić information content (AvgIpc) is 3.10. The van der Waals surface area contributed by atoms with Gasteiger partial charge in [-0.25, -0.2) is 0 Å². The van der Waals surface area contributed by atoms with Crippen LogP contribution in [0.25, 0.3) is 0 Å². The minimum Gasteiger partial charge on any atom is -0.377 e. The maximum Gasteiger partial charge on any atom is 0.0675 e. The van der Waals surface area contributed by atoms with Gasteiger partial charge in [-0.2, -0.15) is 0 Å². The Hall–Kier alpha value is -0.860. The summed E-state index contributed by atoms with van der Waals surface area (Å²) >= 11 is 0. The number of ether oxygens (including phenoxy) is 1. The Kier molecular flexibility index (Phi) is 3.40. The van der Waals surface area contributed by atoms with Crippen molar-refractivity contribution in [3.05, 3.63) is 34.9 Å². The van der Waals surface area contributed by atoms with Crippen molar-refractivity contribution in [2.75, 3.05) is 13.2 Å². The lowest BCUT2D eigenvalue weighted by molar-refractivity contribution is 0.0345. The molecule has 2 N–H and O–H groups in total. The van der Waals surface area contributed by atoms with E-state index in [0.717, 1.165) is 31.9 Å². The molecule has 1 heterocycles. The quantitative estimate of drug-likeness (QED) is 0.902. The van der Waals surface area contributed by atoms with Crippen molar-refractivity contribution in [2.24, 2.45) is 17.1 Å². The predicted octanol–water partition coefficient (Wildman–Crippen LogP) is 2.99. The Labute approximate surface area is 116 Å². The molecule has 2 fully saturated rings. The van der Waals surface area contributed by atoms with Crippen LogP contribution in [0.3, 0.4) is 0 Å². The zero-order chi connectivity index (χ0) is 13.5. The van der Waals surface area contributed by atoms with E-state index in [1.54, 1.807) is 0 Å². The second kappa shape index (κ2) is 4.92. The lowest BCUT2D eigenvalue weighted by atomic mass is 9.74. The SMILES string of the molecule is Cc1cc(C)cc(CC2(CN)CCOC2C2CC2)c1. The molecule has 1 aromatic carbocycles. The molecule has 1 aliphatic carbocycles. The molecule has 0 amide bonds. The van der Waals surface area contributed by atoms with Gasteiger partial charge < -0.3 is 10.5 Å². The third kappa shape index (κ3) is 2.56. The largest absolute Gasteiger partial charge is 0.377 e. The number of nitrogens with two attached hydrogens (primary N) is 1. The van der Waals surface area contributed by atoms with Gasteiger partial charge in [0.1, 0.15) is 0 Å². The normalized spacial score (nSPS) is 30.8. The second-order valence-corrected chi connectivity index (χ2v) is 6.62. The number of hydrogen-bond donors (Lipinski definition) is 1. The monoisotopic (exact) mass is 259 g/mol. The zero-order valence-corrected chi connectivity index (χ0v) is 12.1. The Bertz CT molecular complexity index is 446. The van der Waals surface area contributed by atoms with Gasteiger partial charge in [-0.05, 0) is 51.0 Å². The summed E-state index contributed by atoms with van der Waals surface area (Å²) in [6.45, 7) is 5.99. The first kappa shape index (κ1) is 13.1. The van der Waals surface area contributed by atoms with Crippen LogP contribution >= 0.6 is 0 Å². The standard InChI is InChI=1S/C17H25NO/c1-12-7-13(2)9-14(8-12)10-17(11-18)5-6-19-16(17)15-3-4-15/h7-9,15-16H,3-6,10-11,18H2,1-2H3. The molecule has 0 spiro atoms. The fraction of sp³-hybridized carbons (Fsp3) is 0.647. The molecule has 1 aliphatic heterocycles. The van der Waals surface area contributed by atoms with E-state index < -0.39 is 0 Å². The van der Waals surface area contributed by atoms with Gasteiger partial charge in [0.25, 0.3) is 0 Å². The van der Waals surface area contributed by atoms with Crippen LogP contribution in [0.5, 0.6) is 0 Å². The highest BCUT2D eigenvalue weighted by Crippen LogP contribution is 2.49. The van der Waals surface area contributed by atoms with E-state index in [0.29, 0.717) is 6.10 Å². The van der Waals surface area contributed by atoms with Crippen LogP contribution in [0.4, 0.5) is 0 Å². The maximum atomic E-state index is 6.17. The summed E-state index contributed by atoms with van der Waals surface area (Å²) in [4.78, 5) is 0. The number of hydrogen-bond acceptors (Lipinski definition) is 2. The minimum absolute atomic E-state index is 0.182. The molecule has 3 rings (SSSR count). The highest BCUT2D eigenvalue weighted by molar-refractivity contribution is 5.30. The van der Waals surface area contributed by atoms with Crippen LogP contribution < -0.4 is 5.73 Å². The van der Waals surface area contributed by atoms with Crippen molar-refractivity contribution < 1.29 is 4.74 Å². The predicted molar refractivity (Wildman–Crippen MR) is 78.2 cm³/mol. The highest BCUT2D eigenvalue weighted by Gasteiger charge is 2.50. The van der Waals surface area contributed by atoms with E-state index in [1.807, 2.05) is 0 Å². The first-order chi connectivity index (χ1) is 9.13. The average molecular weight is 259 g/mol. The van der Waals surface area contributed by atoms with Crippen molar-refractivity contribution in [2.45, 2.75) is 45.6 Å². The summed E-state index contributed by atoms with van der Waals surface area (Å²) in [6, 6.07) is 6.86. The van der Waals surface area contributed by atoms with Gasteiger partial charge in [0.05, 0.1) is 6.10 Å². The molecule has 104 valence electrons. The summed E-state index contributed by atoms with van der Waals surface area (Å²) in [5.41, 5.74) is 10.5. The van der Waals surface area contributed by atoms with Gasteiger partial charge in [0.15, 0.2) is 0 Å². The zero-order valence-electron chi connectivity index (χ0n) is 12.1. The second-order valence-electron chi connectivity index (χ2n) is 6.62. The molecule has 1 saturated heterocycles. The van der Waals surface area contributed by atoms with Crippen LogP contribution in [-0.4, -0.2) is 19.3 Å². The maximum absolute atomic E-state index is 6.17. The summed E-state index contributed by atoms with van der Waals surface area (Å²) in [6.07, 6.45) is 5.27. The first-order valence-corrected chi connectivity index (χ1v) is 7.52. The third-order valence-corrected chi connectivity index (χ3v) is 4.80. The molecule has 2 aliphatic rings. The lowest BCUT2D eigenvalue weighted by Crippen LogP contribution is -2.41. The van der Waals surface area contributed by atoms with Gasteiger partial charge in [0, 0.05) is 18.6 Å². The molecule has 19 heavy (non-hydrogen) atoms. The van der Waals surface area contributed by atoms with Gasteiger partial charge in [0.2, 0.25) is 0 Å².